The highest BCUT2D eigenvalue weighted by Gasteiger charge is 2.31. The molecule has 1 heterocycles. The Morgan fingerprint density at radius 2 is 1.88 bits per heavy atom. The molecular formula is C21H24ClN3O. The normalized spacial score (nSPS) is 14.0. The van der Waals surface area contributed by atoms with Gasteiger partial charge in [0.25, 0.3) is 5.56 Å². The lowest BCUT2D eigenvalue weighted by Gasteiger charge is -2.31. The number of halogens is 1. The van der Waals surface area contributed by atoms with Crippen LogP contribution in [0.3, 0.4) is 0 Å². The zero-order chi connectivity index (χ0) is 19.1. The molecule has 136 valence electrons. The van der Waals surface area contributed by atoms with Crippen molar-refractivity contribution in [1.29, 1.82) is 0 Å². The van der Waals surface area contributed by atoms with Gasteiger partial charge in [-0.2, -0.15) is 0 Å². The third-order valence-corrected chi connectivity index (χ3v) is 5.51. The minimum Gasteiger partial charge on any atom is -0.319 e. The molecule has 2 N–H and O–H groups in total. The summed E-state index contributed by atoms with van der Waals surface area (Å²) < 4.78 is 1.70. The summed E-state index contributed by atoms with van der Waals surface area (Å²) in [4.78, 5) is 18.1. The molecule has 0 saturated heterocycles. The van der Waals surface area contributed by atoms with Crippen LogP contribution in [0.5, 0.6) is 0 Å². The van der Waals surface area contributed by atoms with Gasteiger partial charge < -0.3 is 5.73 Å². The number of benzene rings is 2. The van der Waals surface area contributed by atoms with E-state index in [-0.39, 0.29) is 11.5 Å². The number of hydrogen-bond acceptors (Lipinski definition) is 3. The first-order valence-corrected chi connectivity index (χ1v) is 9.13. The molecule has 5 heteroatoms. The molecule has 2 aromatic carbocycles. The van der Waals surface area contributed by atoms with Crippen LogP contribution in [-0.2, 0) is 12.1 Å². The predicted molar refractivity (Wildman–Crippen MR) is 108 cm³/mol. The topological polar surface area (TPSA) is 60.9 Å². The van der Waals surface area contributed by atoms with Crippen LogP contribution >= 0.6 is 11.6 Å². The van der Waals surface area contributed by atoms with Gasteiger partial charge in [-0.1, -0.05) is 55.8 Å². The number of nitrogens with zero attached hydrogens (tertiary/aromatic N) is 2. The number of aromatic nitrogens is 2. The lowest BCUT2D eigenvalue weighted by Crippen LogP contribution is -2.45. The first-order chi connectivity index (χ1) is 12.2. The van der Waals surface area contributed by atoms with Gasteiger partial charge in [0.15, 0.2) is 0 Å². The Balaban J connectivity index is 2.33. The van der Waals surface area contributed by atoms with Gasteiger partial charge in [-0.25, -0.2) is 4.98 Å². The zero-order valence-electron chi connectivity index (χ0n) is 15.6. The summed E-state index contributed by atoms with van der Waals surface area (Å²) in [5.74, 6) is 0.684. The van der Waals surface area contributed by atoms with Gasteiger partial charge in [0.05, 0.1) is 23.0 Å². The van der Waals surface area contributed by atoms with E-state index in [9.17, 15) is 4.79 Å². The number of rotatable bonds is 4. The van der Waals surface area contributed by atoms with Crippen LogP contribution in [0, 0.1) is 12.8 Å². The monoisotopic (exact) mass is 369 g/mol. The Bertz CT molecular complexity index is 1010. The van der Waals surface area contributed by atoms with E-state index < -0.39 is 5.54 Å². The van der Waals surface area contributed by atoms with E-state index in [0.29, 0.717) is 28.3 Å². The van der Waals surface area contributed by atoms with Crippen molar-refractivity contribution >= 4 is 22.5 Å². The smallest absolute Gasteiger partial charge is 0.261 e. The standard InChI is InChI=1S/C21H24ClN3O/c1-13(2)21(4,23)20-24-18-11-17(22)14(3)10-16(18)19(26)25(20)12-15-8-6-5-7-9-15/h5-11,13H,12,23H2,1-4H3. The number of fused-ring (bicyclic) bond motifs is 1. The Hall–Kier alpha value is -2.17. The zero-order valence-corrected chi connectivity index (χ0v) is 16.3. The molecule has 0 saturated carbocycles. The largest absolute Gasteiger partial charge is 0.319 e. The summed E-state index contributed by atoms with van der Waals surface area (Å²) >= 11 is 6.26. The Morgan fingerprint density at radius 3 is 2.50 bits per heavy atom. The van der Waals surface area contributed by atoms with E-state index in [0.717, 1.165) is 11.1 Å². The molecular weight excluding hydrogens is 346 g/mol. The average molecular weight is 370 g/mol. The van der Waals surface area contributed by atoms with Crippen molar-refractivity contribution in [2.75, 3.05) is 0 Å². The van der Waals surface area contributed by atoms with Crippen LogP contribution in [0.2, 0.25) is 5.02 Å². The fourth-order valence-electron chi connectivity index (χ4n) is 2.93. The van der Waals surface area contributed by atoms with E-state index in [2.05, 4.69) is 0 Å². The fraction of sp³-hybridized carbons (Fsp3) is 0.333. The van der Waals surface area contributed by atoms with Gasteiger partial charge in [-0.15, -0.1) is 0 Å². The van der Waals surface area contributed by atoms with E-state index in [4.69, 9.17) is 22.3 Å². The third-order valence-electron chi connectivity index (χ3n) is 5.10. The van der Waals surface area contributed by atoms with Crippen molar-refractivity contribution in [1.82, 2.24) is 9.55 Å². The Morgan fingerprint density at radius 1 is 1.23 bits per heavy atom. The second-order valence-corrected chi connectivity index (χ2v) is 7.78. The van der Waals surface area contributed by atoms with Crippen molar-refractivity contribution in [2.45, 2.75) is 39.8 Å². The molecule has 0 fully saturated rings. The van der Waals surface area contributed by atoms with Gasteiger partial charge in [0.2, 0.25) is 0 Å². The van der Waals surface area contributed by atoms with E-state index in [1.165, 1.54) is 0 Å². The lowest BCUT2D eigenvalue weighted by molar-refractivity contribution is 0.316. The Labute approximate surface area is 158 Å². The first-order valence-electron chi connectivity index (χ1n) is 8.75. The van der Waals surface area contributed by atoms with Gasteiger partial charge in [-0.3, -0.25) is 9.36 Å². The molecule has 1 atom stereocenters. The highest BCUT2D eigenvalue weighted by atomic mass is 35.5. The molecule has 3 aromatic rings. The van der Waals surface area contributed by atoms with E-state index in [1.54, 1.807) is 10.6 Å². The molecule has 0 amide bonds. The highest BCUT2D eigenvalue weighted by Crippen LogP contribution is 2.27. The molecule has 0 bridgehead atoms. The number of aryl methyl sites for hydroxylation is 1. The van der Waals surface area contributed by atoms with Crippen molar-refractivity contribution in [3.8, 4) is 0 Å². The SMILES string of the molecule is Cc1cc2c(=O)n(Cc3ccccc3)c(C(C)(N)C(C)C)nc2cc1Cl. The molecule has 0 aliphatic carbocycles. The van der Waals surface area contributed by atoms with Crippen LogP contribution < -0.4 is 11.3 Å². The molecule has 0 spiro atoms. The van der Waals surface area contributed by atoms with Crippen molar-refractivity contribution in [3.05, 3.63) is 74.8 Å². The summed E-state index contributed by atoms with van der Waals surface area (Å²) in [5, 5.41) is 1.16. The molecule has 0 aliphatic heterocycles. The van der Waals surface area contributed by atoms with E-state index >= 15 is 0 Å². The molecule has 0 aliphatic rings. The van der Waals surface area contributed by atoms with Crippen LogP contribution in [0.1, 0.15) is 37.7 Å². The quantitative estimate of drug-likeness (QED) is 0.748. The molecule has 1 aromatic heterocycles. The predicted octanol–water partition coefficient (Wildman–Crippen LogP) is 4.24. The second kappa shape index (κ2) is 6.86. The maximum absolute atomic E-state index is 13.3. The van der Waals surface area contributed by atoms with Gasteiger partial charge in [-0.05, 0) is 43.0 Å². The van der Waals surface area contributed by atoms with Gasteiger partial charge >= 0.3 is 0 Å². The van der Waals surface area contributed by atoms with Gasteiger partial charge in [0, 0.05) is 5.02 Å². The molecule has 4 nitrogen and oxygen atoms in total. The van der Waals surface area contributed by atoms with Crippen LogP contribution in [0.25, 0.3) is 10.9 Å². The van der Waals surface area contributed by atoms with Crippen molar-refractivity contribution in [3.63, 3.8) is 0 Å². The minimum atomic E-state index is -0.751. The second-order valence-electron chi connectivity index (χ2n) is 7.37. The first kappa shape index (κ1) is 18.6. The summed E-state index contributed by atoms with van der Waals surface area (Å²) in [7, 11) is 0. The summed E-state index contributed by atoms with van der Waals surface area (Å²) in [5.41, 5.74) is 8.24. The summed E-state index contributed by atoms with van der Waals surface area (Å²) in [6.45, 7) is 8.30. The lowest BCUT2D eigenvalue weighted by atomic mass is 9.88. The summed E-state index contributed by atoms with van der Waals surface area (Å²) in [6, 6.07) is 13.4. The van der Waals surface area contributed by atoms with Crippen molar-refractivity contribution in [2.24, 2.45) is 11.7 Å². The minimum absolute atomic E-state index is 0.0917. The Kier molecular flexibility index (Phi) is 4.91. The molecule has 26 heavy (non-hydrogen) atoms. The molecule has 0 radical (unpaired) electrons. The maximum Gasteiger partial charge on any atom is 0.261 e. The molecule has 1 unspecified atom stereocenters. The highest BCUT2D eigenvalue weighted by molar-refractivity contribution is 6.32. The van der Waals surface area contributed by atoms with Gasteiger partial charge in [0.1, 0.15) is 5.82 Å². The van der Waals surface area contributed by atoms with E-state index in [1.807, 2.05) is 64.1 Å². The molecule has 3 rings (SSSR count). The fourth-order valence-corrected chi connectivity index (χ4v) is 3.09. The van der Waals surface area contributed by atoms with Crippen LogP contribution in [0.4, 0.5) is 0 Å². The maximum atomic E-state index is 13.3. The number of nitrogens with two attached hydrogens (primary N) is 1. The third kappa shape index (κ3) is 3.27. The summed E-state index contributed by atoms with van der Waals surface area (Å²) in [6.07, 6.45) is 0. The van der Waals surface area contributed by atoms with Crippen LogP contribution in [0.15, 0.2) is 47.3 Å². The van der Waals surface area contributed by atoms with Crippen molar-refractivity contribution < 1.29 is 0 Å². The van der Waals surface area contributed by atoms with Crippen LogP contribution in [-0.4, -0.2) is 9.55 Å². The number of hydrogen-bond donors (Lipinski definition) is 1. The average Bonchev–Trinajstić information content (AvgIpc) is 2.59.